The second kappa shape index (κ2) is 9.78. The number of nitrogens with one attached hydrogen (secondary N) is 1. The Morgan fingerprint density at radius 1 is 1.20 bits per heavy atom. The Morgan fingerprint density at radius 2 is 1.80 bits per heavy atom. The highest BCUT2D eigenvalue weighted by Crippen LogP contribution is 2.12. The van der Waals surface area contributed by atoms with Crippen LogP contribution >= 0.6 is 0 Å². The number of rotatable bonds is 9. The molecule has 0 aromatic heterocycles. The average Bonchev–Trinajstić information content (AvgIpc) is 2.58. The van der Waals surface area contributed by atoms with E-state index in [1.165, 1.54) is 11.9 Å². The third-order valence-electron chi connectivity index (χ3n) is 3.93. The Bertz CT molecular complexity index is 589. The van der Waals surface area contributed by atoms with Crippen LogP contribution in [0.2, 0.25) is 0 Å². The van der Waals surface area contributed by atoms with Gasteiger partial charge in [0.1, 0.15) is 12.1 Å². The standard InChI is InChI=1S/C18H27N3O4/c1-12(2)9-15(21(3)16(22)11-19)17(23)20-14(18(24)25)10-13-7-5-4-6-8-13/h4-8,12,14-15H,9-11,19H2,1-3H3,(H,20,23)(H,24,25)/t14-,15-/m0/s1. The zero-order valence-corrected chi connectivity index (χ0v) is 14.9. The van der Waals surface area contributed by atoms with Gasteiger partial charge in [-0.3, -0.25) is 9.59 Å². The van der Waals surface area contributed by atoms with Gasteiger partial charge < -0.3 is 21.1 Å². The number of carboxylic acids is 1. The largest absolute Gasteiger partial charge is 0.480 e. The molecule has 7 heteroatoms. The highest BCUT2D eigenvalue weighted by Gasteiger charge is 2.30. The number of amides is 2. The summed E-state index contributed by atoms with van der Waals surface area (Å²) in [7, 11) is 1.51. The lowest BCUT2D eigenvalue weighted by atomic mass is 10.0. The van der Waals surface area contributed by atoms with Crippen LogP contribution in [0.4, 0.5) is 0 Å². The van der Waals surface area contributed by atoms with Crippen molar-refractivity contribution >= 4 is 17.8 Å². The Balaban J connectivity index is 2.90. The smallest absolute Gasteiger partial charge is 0.326 e. The summed E-state index contributed by atoms with van der Waals surface area (Å²) in [6.45, 7) is 3.66. The van der Waals surface area contributed by atoms with Gasteiger partial charge in [0.05, 0.1) is 6.54 Å². The lowest BCUT2D eigenvalue weighted by Crippen LogP contribution is -2.54. The molecule has 1 aromatic carbocycles. The van der Waals surface area contributed by atoms with Gasteiger partial charge in [0.2, 0.25) is 11.8 Å². The van der Waals surface area contributed by atoms with Crippen molar-refractivity contribution in [2.45, 2.75) is 38.8 Å². The van der Waals surface area contributed by atoms with Crippen LogP contribution in [0.15, 0.2) is 30.3 Å². The van der Waals surface area contributed by atoms with Crippen LogP contribution in [0.1, 0.15) is 25.8 Å². The number of likely N-dealkylation sites (N-methyl/N-ethyl adjacent to an activating group) is 1. The number of carbonyl (C=O) groups excluding carboxylic acids is 2. The van der Waals surface area contributed by atoms with E-state index in [0.717, 1.165) is 5.56 Å². The summed E-state index contributed by atoms with van der Waals surface area (Å²) >= 11 is 0. The molecule has 2 amide bonds. The maximum absolute atomic E-state index is 12.6. The summed E-state index contributed by atoms with van der Waals surface area (Å²) in [4.78, 5) is 37.3. The SMILES string of the molecule is CC(C)C[C@@H](C(=O)N[C@@H](Cc1ccccc1)C(=O)O)N(C)C(=O)CN. The monoisotopic (exact) mass is 349 g/mol. The first-order valence-corrected chi connectivity index (χ1v) is 8.29. The molecule has 0 aliphatic rings. The van der Waals surface area contributed by atoms with E-state index in [1.807, 2.05) is 32.0 Å². The third kappa shape index (κ3) is 6.54. The molecule has 0 saturated carbocycles. The molecule has 4 N–H and O–H groups in total. The van der Waals surface area contributed by atoms with Crippen LogP contribution in [0.5, 0.6) is 0 Å². The Morgan fingerprint density at radius 3 is 2.28 bits per heavy atom. The number of carbonyl (C=O) groups is 3. The number of nitrogens with zero attached hydrogens (tertiary/aromatic N) is 1. The molecule has 0 aliphatic carbocycles. The molecule has 138 valence electrons. The molecule has 2 atom stereocenters. The van der Waals surface area contributed by atoms with Gasteiger partial charge in [0.15, 0.2) is 0 Å². The molecule has 0 spiro atoms. The van der Waals surface area contributed by atoms with E-state index >= 15 is 0 Å². The van der Waals surface area contributed by atoms with E-state index in [0.29, 0.717) is 6.42 Å². The minimum absolute atomic E-state index is 0.154. The van der Waals surface area contributed by atoms with Gasteiger partial charge >= 0.3 is 5.97 Å². The molecule has 0 bridgehead atoms. The van der Waals surface area contributed by atoms with Crippen LogP contribution in [0.25, 0.3) is 0 Å². The van der Waals surface area contributed by atoms with Crippen molar-refractivity contribution in [2.75, 3.05) is 13.6 Å². The van der Waals surface area contributed by atoms with Gasteiger partial charge in [-0.1, -0.05) is 44.2 Å². The maximum Gasteiger partial charge on any atom is 0.326 e. The minimum Gasteiger partial charge on any atom is -0.480 e. The predicted octanol–water partition coefficient (Wildman–Crippen LogP) is 0.630. The van der Waals surface area contributed by atoms with Crippen molar-refractivity contribution in [3.8, 4) is 0 Å². The summed E-state index contributed by atoms with van der Waals surface area (Å²) in [6.07, 6.45) is 0.594. The number of hydrogen-bond acceptors (Lipinski definition) is 4. The molecule has 0 aliphatic heterocycles. The Hall–Kier alpha value is -2.41. The highest BCUT2D eigenvalue weighted by atomic mass is 16.4. The van der Waals surface area contributed by atoms with Crippen molar-refractivity contribution in [1.82, 2.24) is 10.2 Å². The minimum atomic E-state index is -1.12. The van der Waals surface area contributed by atoms with Crippen LogP contribution in [0, 0.1) is 5.92 Å². The fraction of sp³-hybridized carbons (Fsp3) is 0.500. The van der Waals surface area contributed by atoms with Crippen molar-refractivity contribution < 1.29 is 19.5 Å². The Labute approximate surface area is 148 Å². The molecular weight excluding hydrogens is 322 g/mol. The molecule has 0 fully saturated rings. The molecule has 1 aromatic rings. The van der Waals surface area contributed by atoms with E-state index in [-0.39, 0.29) is 24.8 Å². The molecule has 0 radical (unpaired) electrons. The summed E-state index contributed by atoms with van der Waals surface area (Å²) in [6, 6.07) is 7.25. The summed E-state index contributed by atoms with van der Waals surface area (Å²) in [5.41, 5.74) is 6.18. The second-order valence-corrected chi connectivity index (χ2v) is 6.44. The summed E-state index contributed by atoms with van der Waals surface area (Å²) in [5.74, 6) is -1.81. The van der Waals surface area contributed by atoms with E-state index in [4.69, 9.17) is 5.73 Å². The fourth-order valence-electron chi connectivity index (χ4n) is 2.52. The predicted molar refractivity (Wildman–Crippen MR) is 94.8 cm³/mol. The van der Waals surface area contributed by atoms with Crippen LogP contribution in [-0.4, -0.2) is 53.5 Å². The third-order valence-corrected chi connectivity index (χ3v) is 3.93. The first-order valence-electron chi connectivity index (χ1n) is 8.29. The summed E-state index contributed by atoms with van der Waals surface area (Å²) < 4.78 is 0. The van der Waals surface area contributed by atoms with E-state index in [1.54, 1.807) is 12.1 Å². The number of aliphatic carboxylic acids is 1. The van der Waals surface area contributed by atoms with Crippen molar-refractivity contribution in [2.24, 2.45) is 11.7 Å². The van der Waals surface area contributed by atoms with Gasteiger partial charge in [-0.2, -0.15) is 0 Å². The van der Waals surface area contributed by atoms with Gasteiger partial charge in [0, 0.05) is 13.5 Å². The van der Waals surface area contributed by atoms with Crippen LogP contribution in [0.3, 0.4) is 0 Å². The zero-order chi connectivity index (χ0) is 19.0. The number of carboxylic acid groups (broad SMARTS) is 1. The quantitative estimate of drug-likeness (QED) is 0.605. The van der Waals surface area contributed by atoms with Crippen molar-refractivity contribution in [3.05, 3.63) is 35.9 Å². The van der Waals surface area contributed by atoms with E-state index < -0.39 is 24.0 Å². The van der Waals surface area contributed by atoms with Gasteiger partial charge in [-0.05, 0) is 17.9 Å². The van der Waals surface area contributed by atoms with Crippen molar-refractivity contribution in [1.29, 1.82) is 0 Å². The number of benzene rings is 1. The summed E-state index contributed by atoms with van der Waals surface area (Å²) in [5, 5.41) is 12.0. The van der Waals surface area contributed by atoms with Gasteiger partial charge in [0.25, 0.3) is 0 Å². The Kier molecular flexibility index (Phi) is 8.07. The van der Waals surface area contributed by atoms with Gasteiger partial charge in [-0.25, -0.2) is 4.79 Å². The normalized spacial score (nSPS) is 13.2. The van der Waals surface area contributed by atoms with Crippen molar-refractivity contribution in [3.63, 3.8) is 0 Å². The molecule has 0 unspecified atom stereocenters. The topological polar surface area (TPSA) is 113 Å². The van der Waals surface area contributed by atoms with E-state index in [9.17, 15) is 19.5 Å². The van der Waals surface area contributed by atoms with Gasteiger partial charge in [-0.15, -0.1) is 0 Å². The lowest BCUT2D eigenvalue weighted by Gasteiger charge is -2.29. The maximum atomic E-state index is 12.6. The fourth-order valence-corrected chi connectivity index (χ4v) is 2.52. The highest BCUT2D eigenvalue weighted by molar-refractivity contribution is 5.90. The number of hydrogen-bond donors (Lipinski definition) is 3. The number of nitrogens with two attached hydrogens (primary N) is 1. The molecule has 7 nitrogen and oxygen atoms in total. The molecule has 0 saturated heterocycles. The molecule has 0 heterocycles. The average molecular weight is 349 g/mol. The molecule has 1 rings (SSSR count). The van der Waals surface area contributed by atoms with Crippen LogP contribution in [-0.2, 0) is 20.8 Å². The first-order chi connectivity index (χ1) is 11.8. The molecular formula is C18H27N3O4. The second-order valence-electron chi connectivity index (χ2n) is 6.44. The lowest BCUT2D eigenvalue weighted by molar-refractivity contribution is -0.144. The van der Waals surface area contributed by atoms with E-state index in [2.05, 4.69) is 5.32 Å². The zero-order valence-electron chi connectivity index (χ0n) is 14.9. The van der Waals surface area contributed by atoms with Crippen LogP contribution < -0.4 is 11.1 Å². The first kappa shape index (κ1) is 20.6. The molecule has 25 heavy (non-hydrogen) atoms.